The largest absolute Gasteiger partial charge is 0.340 e. The average molecular weight is 314 g/mol. The van der Waals surface area contributed by atoms with E-state index in [1.807, 2.05) is 35.2 Å². The zero-order valence-corrected chi connectivity index (χ0v) is 13.4. The van der Waals surface area contributed by atoms with Crippen LogP contribution in [0.1, 0.15) is 12.8 Å². The van der Waals surface area contributed by atoms with E-state index in [0.717, 1.165) is 38.2 Å². The van der Waals surface area contributed by atoms with Gasteiger partial charge in [-0.3, -0.25) is 4.79 Å². The molecule has 0 spiro atoms. The molecule has 3 rings (SSSR count). The number of hydrogen-bond acceptors (Lipinski definition) is 5. The van der Waals surface area contributed by atoms with Crippen LogP contribution in [0.4, 0.5) is 0 Å². The fourth-order valence-electron chi connectivity index (χ4n) is 2.63. The van der Waals surface area contributed by atoms with E-state index in [2.05, 4.69) is 27.4 Å². The van der Waals surface area contributed by atoms with Crippen molar-refractivity contribution in [2.24, 2.45) is 0 Å². The van der Waals surface area contributed by atoms with E-state index in [9.17, 15) is 4.79 Å². The fraction of sp³-hybridized carbons (Fsp3) is 0.500. The Kier molecular flexibility index (Phi) is 4.97. The van der Waals surface area contributed by atoms with Crippen LogP contribution in [0.5, 0.6) is 0 Å². The lowest BCUT2D eigenvalue weighted by Gasteiger charge is -2.32. The molecule has 1 aliphatic heterocycles. The summed E-state index contributed by atoms with van der Waals surface area (Å²) in [6.07, 6.45) is 1.27. The van der Waals surface area contributed by atoms with Gasteiger partial charge < -0.3 is 9.80 Å². The lowest BCUT2D eigenvalue weighted by atomic mass is 10.2. The van der Waals surface area contributed by atoms with E-state index in [4.69, 9.17) is 0 Å². The maximum absolute atomic E-state index is 12.2. The van der Waals surface area contributed by atoms with Gasteiger partial charge in [-0.15, -0.1) is 10.2 Å². The molecular weight excluding hydrogens is 292 g/mol. The Bertz CT molecular complexity index is 633. The summed E-state index contributed by atoms with van der Waals surface area (Å²) in [5, 5.41) is 12.5. The number of aromatic nitrogens is 4. The minimum atomic E-state index is 0.224. The van der Waals surface area contributed by atoms with E-state index in [1.165, 1.54) is 0 Å². The highest BCUT2D eigenvalue weighted by Crippen LogP contribution is 2.12. The number of benzene rings is 1. The first-order chi connectivity index (χ1) is 11.2. The predicted octanol–water partition coefficient (Wildman–Crippen LogP) is 0.894. The van der Waals surface area contributed by atoms with E-state index in [1.54, 1.807) is 4.80 Å². The molecule has 0 bridgehead atoms. The first kappa shape index (κ1) is 15.6. The van der Waals surface area contributed by atoms with Crippen molar-refractivity contribution < 1.29 is 4.79 Å². The normalized spacial score (nSPS) is 15.8. The third-order valence-electron chi connectivity index (χ3n) is 4.09. The molecule has 0 atom stereocenters. The number of hydrogen-bond donors (Lipinski definition) is 0. The van der Waals surface area contributed by atoms with Crippen molar-refractivity contribution in [3.8, 4) is 11.4 Å². The first-order valence-corrected chi connectivity index (χ1v) is 8.02. The molecule has 23 heavy (non-hydrogen) atoms. The second kappa shape index (κ2) is 7.32. The van der Waals surface area contributed by atoms with Crippen molar-refractivity contribution in [3.63, 3.8) is 0 Å². The number of piperazine rings is 1. The Morgan fingerprint density at radius 1 is 1.13 bits per heavy atom. The number of nitrogens with zero attached hydrogens (tertiary/aromatic N) is 6. The number of likely N-dealkylation sites (N-methyl/N-ethyl adjacent to an activating group) is 1. The SMILES string of the molecule is CN1CCN(C(=O)CCCn2nnc(-c3ccccc3)n2)CC1. The molecule has 1 aliphatic rings. The smallest absolute Gasteiger partial charge is 0.222 e. The van der Waals surface area contributed by atoms with Gasteiger partial charge in [0.1, 0.15) is 0 Å². The van der Waals surface area contributed by atoms with Crippen LogP contribution in [0.3, 0.4) is 0 Å². The Hall–Kier alpha value is -2.28. The first-order valence-electron chi connectivity index (χ1n) is 8.02. The van der Waals surface area contributed by atoms with Crippen LogP contribution < -0.4 is 0 Å². The van der Waals surface area contributed by atoms with Gasteiger partial charge in [-0.2, -0.15) is 4.80 Å². The van der Waals surface area contributed by atoms with Gasteiger partial charge in [-0.05, 0) is 18.7 Å². The van der Waals surface area contributed by atoms with Gasteiger partial charge in [0.2, 0.25) is 11.7 Å². The number of rotatable bonds is 5. The Labute approximate surface area is 135 Å². The number of tetrazole rings is 1. The fourth-order valence-corrected chi connectivity index (χ4v) is 2.63. The molecule has 0 N–H and O–H groups in total. The Morgan fingerprint density at radius 2 is 1.87 bits per heavy atom. The summed E-state index contributed by atoms with van der Waals surface area (Å²) in [5.74, 6) is 0.845. The summed E-state index contributed by atoms with van der Waals surface area (Å²) >= 11 is 0. The molecule has 0 radical (unpaired) electrons. The minimum Gasteiger partial charge on any atom is -0.340 e. The van der Waals surface area contributed by atoms with Gasteiger partial charge in [0, 0.05) is 38.2 Å². The van der Waals surface area contributed by atoms with Crippen LogP contribution in [0.25, 0.3) is 11.4 Å². The average Bonchev–Trinajstić information content (AvgIpc) is 3.05. The molecular formula is C16H22N6O. The monoisotopic (exact) mass is 314 g/mol. The van der Waals surface area contributed by atoms with Gasteiger partial charge in [0.05, 0.1) is 6.54 Å². The van der Waals surface area contributed by atoms with Crippen LogP contribution in [-0.4, -0.2) is 69.1 Å². The summed E-state index contributed by atoms with van der Waals surface area (Å²) in [6, 6.07) is 9.77. The lowest BCUT2D eigenvalue weighted by Crippen LogP contribution is -2.47. The second-order valence-corrected chi connectivity index (χ2v) is 5.86. The number of aryl methyl sites for hydroxylation is 1. The van der Waals surface area contributed by atoms with Crippen molar-refractivity contribution in [1.82, 2.24) is 30.0 Å². The van der Waals surface area contributed by atoms with Crippen molar-refractivity contribution in [3.05, 3.63) is 30.3 Å². The van der Waals surface area contributed by atoms with Crippen molar-refractivity contribution >= 4 is 5.91 Å². The van der Waals surface area contributed by atoms with Crippen LogP contribution in [0.2, 0.25) is 0 Å². The van der Waals surface area contributed by atoms with Gasteiger partial charge >= 0.3 is 0 Å². The standard InChI is InChI=1S/C16H22N6O/c1-20-10-12-21(13-11-20)15(23)8-5-9-22-18-16(17-19-22)14-6-3-2-4-7-14/h2-4,6-7H,5,8-13H2,1H3. The summed E-state index contributed by atoms with van der Waals surface area (Å²) in [5.41, 5.74) is 0.951. The molecule has 122 valence electrons. The summed E-state index contributed by atoms with van der Waals surface area (Å²) < 4.78 is 0. The maximum atomic E-state index is 12.2. The zero-order valence-electron chi connectivity index (χ0n) is 13.4. The van der Waals surface area contributed by atoms with Gasteiger partial charge in [-0.1, -0.05) is 30.3 Å². The van der Waals surface area contributed by atoms with Crippen LogP contribution in [-0.2, 0) is 11.3 Å². The number of carbonyl (C=O) groups excluding carboxylic acids is 1. The van der Waals surface area contributed by atoms with Gasteiger partial charge in [0.15, 0.2) is 0 Å². The molecule has 1 amide bonds. The molecule has 0 saturated carbocycles. The second-order valence-electron chi connectivity index (χ2n) is 5.86. The van der Waals surface area contributed by atoms with E-state index in [0.29, 0.717) is 18.8 Å². The quantitative estimate of drug-likeness (QED) is 0.820. The molecule has 1 fully saturated rings. The Morgan fingerprint density at radius 3 is 2.61 bits per heavy atom. The number of carbonyl (C=O) groups is 1. The van der Waals surface area contributed by atoms with Crippen molar-refractivity contribution in [2.75, 3.05) is 33.2 Å². The van der Waals surface area contributed by atoms with Crippen LogP contribution in [0, 0.1) is 0 Å². The zero-order chi connectivity index (χ0) is 16.1. The summed E-state index contributed by atoms with van der Waals surface area (Å²) in [6.45, 7) is 4.18. The Balaban J connectivity index is 1.46. The lowest BCUT2D eigenvalue weighted by molar-refractivity contribution is -0.132. The predicted molar refractivity (Wildman–Crippen MR) is 86.6 cm³/mol. The topological polar surface area (TPSA) is 67.2 Å². The summed E-state index contributed by atoms with van der Waals surface area (Å²) in [4.78, 5) is 17.9. The maximum Gasteiger partial charge on any atom is 0.222 e. The third kappa shape index (κ3) is 4.13. The molecule has 7 heteroatoms. The molecule has 0 aliphatic carbocycles. The van der Waals surface area contributed by atoms with E-state index >= 15 is 0 Å². The van der Waals surface area contributed by atoms with Gasteiger partial charge in [0.25, 0.3) is 0 Å². The van der Waals surface area contributed by atoms with Gasteiger partial charge in [-0.25, -0.2) is 0 Å². The van der Waals surface area contributed by atoms with E-state index in [-0.39, 0.29) is 5.91 Å². The highest BCUT2D eigenvalue weighted by Gasteiger charge is 2.18. The molecule has 2 aromatic rings. The highest BCUT2D eigenvalue weighted by molar-refractivity contribution is 5.76. The molecule has 1 aromatic heterocycles. The molecule has 0 unspecified atom stereocenters. The van der Waals surface area contributed by atoms with E-state index < -0.39 is 0 Å². The molecule has 7 nitrogen and oxygen atoms in total. The summed E-state index contributed by atoms with van der Waals surface area (Å²) in [7, 11) is 2.09. The molecule has 2 heterocycles. The number of amides is 1. The molecule has 1 aromatic carbocycles. The molecule has 1 saturated heterocycles. The highest BCUT2D eigenvalue weighted by atomic mass is 16.2. The minimum absolute atomic E-state index is 0.224. The van der Waals surface area contributed by atoms with Crippen molar-refractivity contribution in [1.29, 1.82) is 0 Å². The van der Waals surface area contributed by atoms with Crippen molar-refractivity contribution in [2.45, 2.75) is 19.4 Å². The van der Waals surface area contributed by atoms with Crippen LogP contribution in [0.15, 0.2) is 30.3 Å². The third-order valence-corrected chi connectivity index (χ3v) is 4.09. The van der Waals surface area contributed by atoms with Crippen LogP contribution >= 0.6 is 0 Å².